The molecule has 0 aromatic carbocycles. The summed E-state index contributed by atoms with van der Waals surface area (Å²) in [5, 5.41) is 3.88. The Kier molecular flexibility index (Phi) is 11.0. The first-order valence-electron chi connectivity index (χ1n) is 12.1. The van der Waals surface area contributed by atoms with Gasteiger partial charge in [-0.2, -0.15) is 4.98 Å². The summed E-state index contributed by atoms with van der Waals surface area (Å²) in [4.78, 5) is 18.1. The van der Waals surface area contributed by atoms with Crippen molar-refractivity contribution in [3.8, 4) is 0 Å². The van der Waals surface area contributed by atoms with Crippen LogP contribution in [0, 0.1) is 0 Å². The quantitative estimate of drug-likeness (QED) is 0.211. The average molecular weight is 557 g/mol. The highest BCUT2D eigenvalue weighted by molar-refractivity contribution is 6.35. The predicted molar refractivity (Wildman–Crippen MR) is 146 cm³/mol. The lowest BCUT2D eigenvalue weighted by Gasteiger charge is -2.13. The van der Waals surface area contributed by atoms with Gasteiger partial charge in [-0.1, -0.05) is 32.4 Å². The van der Waals surface area contributed by atoms with Gasteiger partial charge in [0.2, 0.25) is 10.6 Å². The summed E-state index contributed by atoms with van der Waals surface area (Å²) in [5.41, 5.74) is 7.74. The van der Waals surface area contributed by atoms with E-state index in [-0.39, 0.29) is 15.7 Å². The smallest absolute Gasteiger partial charge is 0.225 e. The summed E-state index contributed by atoms with van der Waals surface area (Å²) in [6, 6.07) is 4.56. The Morgan fingerprint density at radius 1 is 0.833 bits per heavy atom. The van der Waals surface area contributed by atoms with Gasteiger partial charge in [0.15, 0.2) is 22.1 Å². The molecule has 6 rings (SSSR count). The number of rotatable bonds is 5. The van der Waals surface area contributed by atoms with E-state index in [1.807, 2.05) is 0 Å². The second-order valence-corrected chi connectivity index (χ2v) is 9.30. The number of nitrogens with one attached hydrogen (secondary N) is 1. The van der Waals surface area contributed by atoms with Gasteiger partial charge < -0.3 is 24.8 Å². The van der Waals surface area contributed by atoms with Crippen molar-refractivity contribution in [2.24, 2.45) is 5.73 Å². The van der Waals surface area contributed by atoms with E-state index in [1.54, 1.807) is 18.4 Å². The fourth-order valence-electron chi connectivity index (χ4n) is 2.92. The Labute approximate surface area is 225 Å². The molecule has 4 aromatic heterocycles. The maximum Gasteiger partial charge on any atom is 0.225 e. The first-order valence-corrected chi connectivity index (χ1v) is 13.2. The second kappa shape index (κ2) is 13.9. The second-order valence-electron chi connectivity index (χ2n) is 8.27. The van der Waals surface area contributed by atoms with E-state index in [0.717, 1.165) is 5.52 Å². The molecule has 12 heteroatoms. The molecule has 0 atom stereocenters. The number of hydrogen-bond donors (Lipinski definition) is 2. The summed E-state index contributed by atoms with van der Waals surface area (Å²) in [7, 11) is 0. The first kappa shape index (κ1) is 28.4. The highest BCUT2D eigenvalue weighted by atomic mass is 35.5. The van der Waals surface area contributed by atoms with Crippen LogP contribution >= 0.6 is 34.8 Å². The molecule has 0 aliphatic heterocycles. The number of hydrogen-bond acceptors (Lipinski definition) is 9. The standard InChI is InChI=1S/C9H8ClN3O.C6H2Cl2N2O.C6H15N.C3H7N/c10-9-12-6-3-4-14-7(6)8(13-9)11-5-1-2-5;7-5-4-3(1-2-11-4)9-6(8)10-5;1-4-7(5-2)6-3;4-3-1-2-3/h3-5H,1-2H2,(H,11,12,13);1-2H;4-6H2,1-3H3;3H,1-2,4H2. The SMILES string of the molecule is CCN(CC)CC.Clc1nc(Cl)c2occc2n1.Clc1nc(NC2CC2)c2occc2n1.NC1CC1. The minimum absolute atomic E-state index is 0.129. The molecule has 0 amide bonds. The summed E-state index contributed by atoms with van der Waals surface area (Å²) in [6.45, 7) is 10.1. The molecule has 36 heavy (non-hydrogen) atoms. The number of aromatic nitrogens is 4. The number of nitrogens with two attached hydrogens (primary N) is 1. The Morgan fingerprint density at radius 3 is 1.81 bits per heavy atom. The number of nitrogens with zero attached hydrogens (tertiary/aromatic N) is 5. The molecule has 2 saturated carbocycles. The molecule has 4 aromatic rings. The van der Waals surface area contributed by atoms with Crippen molar-refractivity contribution in [1.29, 1.82) is 0 Å². The third-order valence-electron chi connectivity index (χ3n) is 5.39. The molecule has 0 saturated heterocycles. The van der Waals surface area contributed by atoms with Crippen LogP contribution < -0.4 is 11.1 Å². The minimum atomic E-state index is 0.129. The molecule has 4 heterocycles. The van der Waals surface area contributed by atoms with Gasteiger partial charge in [-0.3, -0.25) is 0 Å². The predicted octanol–water partition coefficient (Wildman–Crippen LogP) is 6.44. The van der Waals surface area contributed by atoms with E-state index in [1.165, 1.54) is 51.6 Å². The van der Waals surface area contributed by atoms with Crippen molar-refractivity contribution < 1.29 is 8.83 Å². The number of furan rings is 2. The largest absolute Gasteiger partial charge is 0.459 e. The molecule has 2 aliphatic rings. The van der Waals surface area contributed by atoms with Crippen LogP contribution in [0.15, 0.2) is 33.5 Å². The molecule has 3 N–H and O–H groups in total. The zero-order valence-electron chi connectivity index (χ0n) is 20.7. The maximum atomic E-state index is 5.78. The zero-order valence-corrected chi connectivity index (χ0v) is 22.9. The Hall–Kier alpha value is -2.17. The van der Waals surface area contributed by atoms with Gasteiger partial charge in [-0.05, 0) is 68.5 Å². The lowest BCUT2D eigenvalue weighted by Crippen LogP contribution is -2.21. The van der Waals surface area contributed by atoms with Crippen LogP contribution in [0.25, 0.3) is 22.2 Å². The van der Waals surface area contributed by atoms with Crippen LogP contribution in [-0.2, 0) is 0 Å². The third kappa shape index (κ3) is 9.05. The van der Waals surface area contributed by atoms with Crippen molar-refractivity contribution in [1.82, 2.24) is 24.8 Å². The highest BCUT2D eigenvalue weighted by Crippen LogP contribution is 2.29. The molecule has 2 aliphatic carbocycles. The van der Waals surface area contributed by atoms with Crippen molar-refractivity contribution in [2.45, 2.75) is 58.5 Å². The van der Waals surface area contributed by atoms with Crippen molar-refractivity contribution in [2.75, 3.05) is 25.0 Å². The van der Waals surface area contributed by atoms with E-state index >= 15 is 0 Å². The molecular formula is C24H32Cl3N7O2. The van der Waals surface area contributed by atoms with Crippen molar-refractivity contribution in [3.05, 3.63) is 40.4 Å². The van der Waals surface area contributed by atoms with Crippen LogP contribution in [0.1, 0.15) is 46.5 Å². The molecule has 0 unspecified atom stereocenters. The maximum absolute atomic E-state index is 5.78. The molecule has 9 nitrogen and oxygen atoms in total. The summed E-state index contributed by atoms with van der Waals surface area (Å²) in [5.74, 6) is 0.701. The van der Waals surface area contributed by atoms with Crippen LogP contribution in [0.2, 0.25) is 15.7 Å². The fraction of sp³-hybridized carbons (Fsp3) is 0.500. The lowest BCUT2D eigenvalue weighted by atomic mass is 10.4. The fourth-order valence-corrected chi connectivity index (χ4v) is 3.54. The zero-order chi connectivity index (χ0) is 26.1. The van der Waals surface area contributed by atoms with Gasteiger partial charge in [0, 0.05) is 24.2 Å². The topological polar surface area (TPSA) is 119 Å². The van der Waals surface area contributed by atoms with Gasteiger partial charge in [0.05, 0.1) is 12.5 Å². The summed E-state index contributed by atoms with van der Waals surface area (Å²) < 4.78 is 10.3. The summed E-state index contributed by atoms with van der Waals surface area (Å²) >= 11 is 17.0. The van der Waals surface area contributed by atoms with Gasteiger partial charge >= 0.3 is 0 Å². The van der Waals surface area contributed by atoms with Gasteiger partial charge in [0.1, 0.15) is 11.0 Å². The van der Waals surface area contributed by atoms with Crippen LogP contribution in [-0.4, -0.2) is 56.6 Å². The normalized spacial score (nSPS) is 14.4. The third-order valence-corrected chi connectivity index (χ3v) is 5.99. The van der Waals surface area contributed by atoms with Crippen LogP contribution in [0.5, 0.6) is 0 Å². The molecule has 0 spiro atoms. The van der Waals surface area contributed by atoms with Gasteiger partial charge in [0.25, 0.3) is 0 Å². The molecule has 196 valence electrons. The Balaban J connectivity index is 0.000000146. The number of anilines is 1. The van der Waals surface area contributed by atoms with E-state index in [0.29, 0.717) is 34.6 Å². The van der Waals surface area contributed by atoms with E-state index in [9.17, 15) is 0 Å². The Morgan fingerprint density at radius 2 is 1.33 bits per heavy atom. The molecular weight excluding hydrogens is 525 g/mol. The minimum Gasteiger partial charge on any atom is -0.459 e. The highest BCUT2D eigenvalue weighted by Gasteiger charge is 2.23. The van der Waals surface area contributed by atoms with Gasteiger partial charge in [-0.25, -0.2) is 15.0 Å². The van der Waals surface area contributed by atoms with E-state index < -0.39 is 0 Å². The molecule has 0 radical (unpaired) electrons. The lowest BCUT2D eigenvalue weighted by molar-refractivity contribution is 0.321. The number of halogens is 3. The first-order chi connectivity index (χ1) is 17.3. The van der Waals surface area contributed by atoms with Gasteiger partial charge in [-0.15, -0.1) is 0 Å². The summed E-state index contributed by atoms with van der Waals surface area (Å²) in [6.07, 6.45) is 7.98. The van der Waals surface area contributed by atoms with E-state index in [4.69, 9.17) is 49.4 Å². The van der Waals surface area contributed by atoms with E-state index in [2.05, 4.69) is 50.9 Å². The number of fused-ring (bicyclic) bond motifs is 2. The average Bonchev–Trinajstić information content (AvgIpc) is 3.73. The van der Waals surface area contributed by atoms with Crippen molar-refractivity contribution >= 4 is 62.8 Å². The Bertz CT molecular complexity index is 1220. The molecule has 0 bridgehead atoms. The monoisotopic (exact) mass is 555 g/mol. The van der Waals surface area contributed by atoms with Crippen molar-refractivity contribution in [3.63, 3.8) is 0 Å². The van der Waals surface area contributed by atoms with Crippen LogP contribution in [0.4, 0.5) is 5.82 Å². The molecule has 2 fully saturated rings. The van der Waals surface area contributed by atoms with Crippen LogP contribution in [0.3, 0.4) is 0 Å².